The maximum Gasteiger partial charge on any atom is 0.246 e. The Morgan fingerprint density at radius 1 is 1.33 bits per heavy atom. The maximum absolute atomic E-state index is 11.2. The second-order valence-corrected chi connectivity index (χ2v) is 5.58. The van der Waals surface area contributed by atoms with Crippen LogP contribution in [0.5, 0.6) is 0 Å². The van der Waals surface area contributed by atoms with Gasteiger partial charge >= 0.3 is 0 Å². The number of hydrogen-bond acceptors (Lipinski definition) is 7. The van der Waals surface area contributed by atoms with Crippen molar-refractivity contribution >= 4 is 5.91 Å². The SMILES string of the molecule is NCC(=O)NCc1nc(-c2cccc(CN3CCOCC3)c2)no1. The Labute approximate surface area is 140 Å². The molecule has 8 heteroatoms. The molecule has 1 aliphatic heterocycles. The van der Waals surface area contributed by atoms with Crippen LogP contribution in [0.15, 0.2) is 28.8 Å². The average molecular weight is 331 g/mol. The predicted molar refractivity (Wildman–Crippen MR) is 86.7 cm³/mol. The van der Waals surface area contributed by atoms with Crippen molar-refractivity contribution in [2.24, 2.45) is 5.73 Å². The van der Waals surface area contributed by atoms with Crippen molar-refractivity contribution in [3.63, 3.8) is 0 Å². The summed E-state index contributed by atoms with van der Waals surface area (Å²) in [5, 5.41) is 6.58. The van der Waals surface area contributed by atoms with Crippen LogP contribution < -0.4 is 11.1 Å². The van der Waals surface area contributed by atoms with Gasteiger partial charge in [-0.15, -0.1) is 0 Å². The van der Waals surface area contributed by atoms with Crippen LogP contribution in [-0.2, 0) is 22.6 Å². The van der Waals surface area contributed by atoms with Gasteiger partial charge in [-0.05, 0) is 11.6 Å². The molecule has 0 saturated carbocycles. The number of nitrogens with one attached hydrogen (secondary N) is 1. The highest BCUT2D eigenvalue weighted by Gasteiger charge is 2.13. The summed E-state index contributed by atoms with van der Waals surface area (Å²) in [6.45, 7) is 4.43. The van der Waals surface area contributed by atoms with Gasteiger partial charge in [0.05, 0.1) is 26.3 Å². The summed E-state index contributed by atoms with van der Waals surface area (Å²) in [5.41, 5.74) is 7.32. The Balaban J connectivity index is 1.65. The minimum Gasteiger partial charge on any atom is -0.379 e. The fourth-order valence-electron chi connectivity index (χ4n) is 2.52. The van der Waals surface area contributed by atoms with Crippen molar-refractivity contribution in [3.05, 3.63) is 35.7 Å². The molecule has 0 aliphatic carbocycles. The quantitative estimate of drug-likeness (QED) is 0.775. The molecule has 0 atom stereocenters. The number of hydrogen-bond donors (Lipinski definition) is 2. The van der Waals surface area contributed by atoms with E-state index in [1.54, 1.807) is 0 Å². The van der Waals surface area contributed by atoms with E-state index in [2.05, 4.69) is 32.5 Å². The molecule has 3 N–H and O–H groups in total. The highest BCUT2D eigenvalue weighted by molar-refractivity contribution is 5.77. The molecule has 24 heavy (non-hydrogen) atoms. The van der Waals surface area contributed by atoms with Crippen LogP contribution in [0.3, 0.4) is 0 Å². The third-order valence-electron chi connectivity index (χ3n) is 3.79. The van der Waals surface area contributed by atoms with Gasteiger partial charge in [-0.1, -0.05) is 23.4 Å². The minimum absolute atomic E-state index is 0.0649. The molecule has 1 aromatic carbocycles. The first kappa shape index (κ1) is 16.6. The van der Waals surface area contributed by atoms with Crippen molar-refractivity contribution < 1.29 is 14.1 Å². The summed E-state index contributed by atoms with van der Waals surface area (Å²) in [7, 11) is 0. The Morgan fingerprint density at radius 2 is 2.17 bits per heavy atom. The van der Waals surface area contributed by atoms with Crippen LogP contribution in [0.1, 0.15) is 11.5 Å². The van der Waals surface area contributed by atoms with Gasteiger partial charge in [-0.3, -0.25) is 9.69 Å². The van der Waals surface area contributed by atoms with Gasteiger partial charge < -0.3 is 20.3 Å². The third-order valence-corrected chi connectivity index (χ3v) is 3.79. The van der Waals surface area contributed by atoms with Crippen molar-refractivity contribution in [2.75, 3.05) is 32.8 Å². The van der Waals surface area contributed by atoms with Crippen molar-refractivity contribution in [1.82, 2.24) is 20.4 Å². The number of amides is 1. The van der Waals surface area contributed by atoms with E-state index in [1.165, 1.54) is 5.56 Å². The Bertz CT molecular complexity index is 682. The van der Waals surface area contributed by atoms with Crippen LogP contribution >= 0.6 is 0 Å². The molecule has 1 aromatic heterocycles. The summed E-state index contributed by atoms with van der Waals surface area (Å²) in [4.78, 5) is 17.8. The lowest BCUT2D eigenvalue weighted by Crippen LogP contribution is -2.35. The van der Waals surface area contributed by atoms with Crippen LogP contribution in [-0.4, -0.2) is 53.8 Å². The summed E-state index contributed by atoms with van der Waals surface area (Å²) < 4.78 is 10.5. The van der Waals surface area contributed by atoms with Crippen LogP contribution in [0, 0.1) is 0 Å². The molecule has 1 saturated heterocycles. The fraction of sp³-hybridized carbons (Fsp3) is 0.438. The molecular formula is C16H21N5O3. The lowest BCUT2D eigenvalue weighted by molar-refractivity contribution is -0.120. The molecular weight excluding hydrogens is 310 g/mol. The van der Waals surface area contributed by atoms with E-state index in [0.717, 1.165) is 38.4 Å². The van der Waals surface area contributed by atoms with Crippen LogP contribution in [0.2, 0.25) is 0 Å². The summed E-state index contributed by atoms with van der Waals surface area (Å²) in [6.07, 6.45) is 0. The number of aromatic nitrogens is 2. The second-order valence-electron chi connectivity index (χ2n) is 5.58. The lowest BCUT2D eigenvalue weighted by Gasteiger charge is -2.26. The third kappa shape index (κ3) is 4.38. The first-order valence-electron chi connectivity index (χ1n) is 7.93. The van der Waals surface area contributed by atoms with E-state index in [0.29, 0.717) is 11.7 Å². The molecule has 1 aliphatic rings. The second kappa shape index (κ2) is 8.00. The summed E-state index contributed by atoms with van der Waals surface area (Å²) >= 11 is 0. The van der Waals surface area contributed by atoms with E-state index < -0.39 is 0 Å². The molecule has 1 fully saturated rings. The standard InChI is InChI=1S/C16H21N5O3/c17-9-14(22)18-10-15-19-16(20-24-15)13-3-1-2-12(8-13)11-21-4-6-23-7-5-21/h1-3,8H,4-7,9-11,17H2,(H,18,22). The number of benzene rings is 1. The van der Waals surface area contributed by atoms with Crippen LogP contribution in [0.4, 0.5) is 0 Å². The molecule has 2 heterocycles. The Hall–Kier alpha value is -2.29. The van der Waals surface area contributed by atoms with E-state index in [4.69, 9.17) is 15.0 Å². The highest BCUT2D eigenvalue weighted by Crippen LogP contribution is 2.18. The van der Waals surface area contributed by atoms with Gasteiger partial charge in [-0.25, -0.2) is 0 Å². The van der Waals surface area contributed by atoms with E-state index in [9.17, 15) is 4.79 Å². The zero-order valence-electron chi connectivity index (χ0n) is 13.4. The predicted octanol–water partition coefficient (Wildman–Crippen LogP) is 0.144. The van der Waals surface area contributed by atoms with Gasteiger partial charge in [0.25, 0.3) is 0 Å². The molecule has 0 spiro atoms. The number of ether oxygens (including phenoxy) is 1. The molecule has 0 radical (unpaired) electrons. The minimum atomic E-state index is -0.262. The molecule has 2 aromatic rings. The van der Waals surface area contributed by atoms with E-state index in [-0.39, 0.29) is 19.0 Å². The normalized spacial score (nSPS) is 15.4. The number of nitrogens with two attached hydrogens (primary N) is 1. The van der Waals surface area contributed by atoms with Gasteiger partial charge in [0.1, 0.15) is 0 Å². The summed E-state index contributed by atoms with van der Waals surface area (Å²) in [5.74, 6) is 0.600. The van der Waals surface area contributed by atoms with Gasteiger partial charge in [0.15, 0.2) is 0 Å². The Morgan fingerprint density at radius 3 is 2.96 bits per heavy atom. The van der Waals surface area contributed by atoms with Gasteiger partial charge in [0.2, 0.25) is 17.6 Å². The number of carbonyl (C=O) groups excluding carboxylic acids is 1. The zero-order chi connectivity index (χ0) is 16.8. The van der Waals surface area contributed by atoms with Crippen molar-refractivity contribution in [1.29, 1.82) is 0 Å². The summed E-state index contributed by atoms with van der Waals surface area (Å²) in [6, 6.07) is 8.07. The topological polar surface area (TPSA) is 107 Å². The first-order valence-corrected chi connectivity index (χ1v) is 7.93. The monoisotopic (exact) mass is 331 g/mol. The molecule has 0 unspecified atom stereocenters. The largest absolute Gasteiger partial charge is 0.379 e. The highest BCUT2D eigenvalue weighted by atomic mass is 16.5. The van der Waals surface area contributed by atoms with Crippen molar-refractivity contribution in [2.45, 2.75) is 13.1 Å². The van der Waals surface area contributed by atoms with Crippen molar-refractivity contribution in [3.8, 4) is 11.4 Å². The molecule has 3 rings (SSSR count). The van der Waals surface area contributed by atoms with Gasteiger partial charge in [0, 0.05) is 25.2 Å². The first-order chi connectivity index (χ1) is 11.7. The fourth-order valence-corrected chi connectivity index (χ4v) is 2.52. The number of rotatable bonds is 6. The number of nitrogens with zero attached hydrogens (tertiary/aromatic N) is 3. The smallest absolute Gasteiger partial charge is 0.246 e. The number of morpholine rings is 1. The average Bonchev–Trinajstić information content (AvgIpc) is 3.10. The Kier molecular flexibility index (Phi) is 5.52. The molecule has 8 nitrogen and oxygen atoms in total. The molecule has 0 bridgehead atoms. The molecule has 1 amide bonds. The lowest BCUT2D eigenvalue weighted by atomic mass is 10.1. The zero-order valence-corrected chi connectivity index (χ0v) is 13.4. The number of carbonyl (C=O) groups is 1. The molecule has 128 valence electrons. The van der Waals surface area contributed by atoms with E-state index >= 15 is 0 Å². The van der Waals surface area contributed by atoms with Crippen LogP contribution in [0.25, 0.3) is 11.4 Å². The van der Waals surface area contributed by atoms with Gasteiger partial charge in [-0.2, -0.15) is 4.98 Å². The maximum atomic E-state index is 11.2. The van der Waals surface area contributed by atoms with E-state index in [1.807, 2.05) is 12.1 Å².